The van der Waals surface area contributed by atoms with E-state index in [0.717, 1.165) is 19.3 Å². The largest absolute Gasteiger partial charge is 0.329 e. The molecule has 4 heteroatoms. The molecular formula is C16H24F2N2. The summed E-state index contributed by atoms with van der Waals surface area (Å²) >= 11 is 0. The topological polar surface area (TPSA) is 29.3 Å². The van der Waals surface area contributed by atoms with E-state index in [1.165, 1.54) is 12.1 Å². The summed E-state index contributed by atoms with van der Waals surface area (Å²) in [6, 6.07) is 3.06. The molecule has 1 aliphatic heterocycles. The smallest absolute Gasteiger partial charge is 0.128 e. The molecule has 2 N–H and O–H groups in total. The van der Waals surface area contributed by atoms with Gasteiger partial charge in [0.2, 0.25) is 0 Å². The summed E-state index contributed by atoms with van der Waals surface area (Å²) in [5.74, 6) is -0.674. The van der Waals surface area contributed by atoms with Gasteiger partial charge in [0.1, 0.15) is 11.6 Å². The van der Waals surface area contributed by atoms with Crippen LogP contribution in [0.3, 0.4) is 0 Å². The van der Waals surface area contributed by atoms with Crippen LogP contribution in [0.1, 0.15) is 50.3 Å². The highest BCUT2D eigenvalue weighted by Crippen LogP contribution is 2.33. The Kier molecular flexibility index (Phi) is 4.76. The van der Waals surface area contributed by atoms with Gasteiger partial charge in [0.05, 0.1) is 0 Å². The molecule has 1 fully saturated rings. The van der Waals surface area contributed by atoms with Gasteiger partial charge in [0, 0.05) is 30.2 Å². The molecule has 2 rings (SSSR count). The lowest BCUT2D eigenvalue weighted by molar-refractivity contribution is 0.0554. The molecule has 0 bridgehead atoms. The third kappa shape index (κ3) is 2.86. The summed E-state index contributed by atoms with van der Waals surface area (Å²) in [7, 11) is 0. The molecule has 0 aromatic heterocycles. The Morgan fingerprint density at radius 2 is 2.00 bits per heavy atom. The van der Waals surface area contributed by atoms with Crippen molar-refractivity contribution in [2.75, 3.05) is 6.54 Å². The Balaban J connectivity index is 2.33. The van der Waals surface area contributed by atoms with Gasteiger partial charge in [-0.3, -0.25) is 4.90 Å². The van der Waals surface area contributed by atoms with Crippen molar-refractivity contribution < 1.29 is 8.78 Å². The maximum Gasteiger partial charge on any atom is 0.128 e. The molecule has 0 radical (unpaired) electrons. The number of halogens is 2. The Bertz CT molecular complexity index is 476. The van der Waals surface area contributed by atoms with Crippen molar-refractivity contribution in [1.29, 1.82) is 0 Å². The summed E-state index contributed by atoms with van der Waals surface area (Å²) in [5.41, 5.74) is 6.63. The Morgan fingerprint density at radius 3 is 2.65 bits per heavy atom. The number of hydrogen-bond acceptors (Lipinski definition) is 2. The number of piperidine rings is 1. The van der Waals surface area contributed by atoms with Crippen LogP contribution in [-0.2, 0) is 0 Å². The molecule has 2 nitrogen and oxygen atoms in total. The molecule has 1 aromatic carbocycles. The van der Waals surface area contributed by atoms with Crippen molar-refractivity contribution in [3.63, 3.8) is 0 Å². The van der Waals surface area contributed by atoms with Gasteiger partial charge in [-0.1, -0.05) is 6.42 Å². The molecular weight excluding hydrogens is 258 g/mol. The molecule has 112 valence electrons. The molecule has 1 saturated heterocycles. The zero-order chi connectivity index (χ0) is 14.9. The van der Waals surface area contributed by atoms with Crippen molar-refractivity contribution in [2.45, 2.75) is 58.2 Å². The number of hydrogen-bond donors (Lipinski definition) is 1. The van der Waals surface area contributed by atoms with Crippen LogP contribution in [0.2, 0.25) is 0 Å². The van der Waals surface area contributed by atoms with E-state index in [1.54, 1.807) is 6.92 Å². The number of likely N-dealkylation sites (tertiary alicyclic amines) is 1. The molecule has 1 heterocycles. The van der Waals surface area contributed by atoms with Crippen LogP contribution in [0.4, 0.5) is 8.78 Å². The molecule has 0 aliphatic carbocycles. The van der Waals surface area contributed by atoms with Crippen molar-refractivity contribution in [3.8, 4) is 0 Å². The maximum absolute atomic E-state index is 14.2. The molecule has 0 saturated carbocycles. The Labute approximate surface area is 120 Å². The molecule has 1 aromatic rings. The highest BCUT2D eigenvalue weighted by atomic mass is 19.1. The number of nitrogens with zero attached hydrogens (tertiary/aromatic N) is 1. The van der Waals surface area contributed by atoms with Crippen LogP contribution in [-0.4, -0.2) is 23.5 Å². The van der Waals surface area contributed by atoms with E-state index >= 15 is 0 Å². The minimum Gasteiger partial charge on any atom is -0.329 e. The van der Waals surface area contributed by atoms with Gasteiger partial charge < -0.3 is 5.73 Å². The second-order valence-corrected chi connectivity index (χ2v) is 5.92. The fraction of sp³-hybridized carbons (Fsp3) is 0.625. The minimum atomic E-state index is -0.345. The van der Waals surface area contributed by atoms with Gasteiger partial charge in [-0.15, -0.1) is 0 Å². The van der Waals surface area contributed by atoms with Crippen LogP contribution in [0, 0.1) is 18.6 Å². The fourth-order valence-electron chi connectivity index (χ4n) is 3.39. The number of aryl methyl sites for hydroxylation is 1. The molecule has 3 atom stereocenters. The number of benzene rings is 1. The van der Waals surface area contributed by atoms with Crippen molar-refractivity contribution in [3.05, 3.63) is 34.9 Å². The van der Waals surface area contributed by atoms with Crippen LogP contribution in [0.15, 0.2) is 12.1 Å². The van der Waals surface area contributed by atoms with Crippen LogP contribution in [0.5, 0.6) is 0 Å². The molecule has 3 unspecified atom stereocenters. The quantitative estimate of drug-likeness (QED) is 0.919. The predicted octanol–water partition coefficient (Wildman–Crippen LogP) is 3.54. The van der Waals surface area contributed by atoms with Gasteiger partial charge in [-0.05, 0) is 51.3 Å². The normalized spacial score (nSPS) is 25.7. The molecule has 1 aliphatic rings. The van der Waals surface area contributed by atoms with Crippen molar-refractivity contribution in [1.82, 2.24) is 4.90 Å². The summed E-state index contributed by atoms with van der Waals surface area (Å²) in [5, 5.41) is 0. The lowest BCUT2D eigenvalue weighted by Crippen LogP contribution is -2.49. The first kappa shape index (κ1) is 15.4. The second kappa shape index (κ2) is 6.19. The third-order valence-electron chi connectivity index (χ3n) is 4.54. The number of nitrogens with two attached hydrogens (primary N) is 1. The summed E-state index contributed by atoms with van der Waals surface area (Å²) in [6.07, 6.45) is 3.26. The monoisotopic (exact) mass is 282 g/mol. The summed E-state index contributed by atoms with van der Waals surface area (Å²) in [4.78, 5) is 2.25. The molecule has 0 amide bonds. The first-order valence-electron chi connectivity index (χ1n) is 7.38. The van der Waals surface area contributed by atoms with E-state index < -0.39 is 0 Å². The van der Waals surface area contributed by atoms with E-state index in [0.29, 0.717) is 23.7 Å². The van der Waals surface area contributed by atoms with Gasteiger partial charge >= 0.3 is 0 Å². The second-order valence-electron chi connectivity index (χ2n) is 5.92. The average molecular weight is 282 g/mol. The Morgan fingerprint density at radius 1 is 1.30 bits per heavy atom. The SMILES string of the molecule is Cc1cc(F)c(C(C)N2C(C)CCCC2CN)cc1F. The predicted molar refractivity (Wildman–Crippen MR) is 77.5 cm³/mol. The first-order chi connectivity index (χ1) is 9.45. The van der Waals surface area contributed by atoms with Crippen LogP contribution < -0.4 is 5.73 Å². The van der Waals surface area contributed by atoms with E-state index in [-0.39, 0.29) is 23.7 Å². The van der Waals surface area contributed by atoms with Gasteiger partial charge in [0.15, 0.2) is 0 Å². The van der Waals surface area contributed by atoms with Gasteiger partial charge in [-0.2, -0.15) is 0 Å². The van der Waals surface area contributed by atoms with E-state index in [1.807, 2.05) is 6.92 Å². The Hall–Kier alpha value is -1.00. The minimum absolute atomic E-state index is 0.158. The lowest BCUT2D eigenvalue weighted by atomic mass is 9.92. The highest BCUT2D eigenvalue weighted by Gasteiger charge is 2.32. The standard InChI is InChI=1S/C16H24F2N2/c1-10-7-16(18)14(8-15(10)17)12(3)20-11(2)5-4-6-13(20)9-19/h7-8,11-13H,4-6,9,19H2,1-3H3. The zero-order valence-electron chi connectivity index (χ0n) is 12.5. The van der Waals surface area contributed by atoms with Crippen molar-refractivity contribution in [2.24, 2.45) is 5.73 Å². The number of rotatable bonds is 3. The third-order valence-corrected chi connectivity index (χ3v) is 4.54. The van der Waals surface area contributed by atoms with Crippen LogP contribution >= 0.6 is 0 Å². The van der Waals surface area contributed by atoms with Crippen molar-refractivity contribution >= 4 is 0 Å². The van der Waals surface area contributed by atoms with E-state index in [2.05, 4.69) is 11.8 Å². The highest BCUT2D eigenvalue weighted by molar-refractivity contribution is 5.27. The summed E-state index contributed by atoms with van der Waals surface area (Å²) < 4.78 is 27.9. The lowest BCUT2D eigenvalue weighted by Gasteiger charge is -2.44. The molecule has 0 spiro atoms. The summed E-state index contributed by atoms with van der Waals surface area (Å²) in [6.45, 7) is 6.22. The fourth-order valence-corrected chi connectivity index (χ4v) is 3.39. The van der Waals surface area contributed by atoms with E-state index in [9.17, 15) is 8.78 Å². The first-order valence-corrected chi connectivity index (χ1v) is 7.38. The molecule has 20 heavy (non-hydrogen) atoms. The average Bonchev–Trinajstić information content (AvgIpc) is 2.41. The van der Waals surface area contributed by atoms with Gasteiger partial charge in [-0.25, -0.2) is 8.78 Å². The van der Waals surface area contributed by atoms with E-state index in [4.69, 9.17) is 5.73 Å². The maximum atomic E-state index is 14.2. The van der Waals surface area contributed by atoms with Crippen LogP contribution in [0.25, 0.3) is 0 Å². The zero-order valence-corrected chi connectivity index (χ0v) is 12.5. The van der Waals surface area contributed by atoms with Gasteiger partial charge in [0.25, 0.3) is 0 Å².